The Morgan fingerprint density at radius 3 is 2.37 bits per heavy atom. The first kappa shape index (κ1) is 30.4. The van der Waals surface area contributed by atoms with Gasteiger partial charge in [0.25, 0.3) is 0 Å². The maximum absolute atomic E-state index is 11.5. The fourth-order valence-corrected chi connectivity index (χ4v) is 9.95. The number of aliphatic hydroxyl groups is 1. The van der Waals surface area contributed by atoms with Crippen molar-refractivity contribution in [1.29, 1.82) is 0 Å². The molecule has 3 saturated carbocycles. The molecule has 3 N–H and O–H groups in total. The minimum absolute atomic E-state index is 0.00626. The van der Waals surface area contributed by atoms with Crippen molar-refractivity contribution in [3.63, 3.8) is 0 Å². The summed E-state index contributed by atoms with van der Waals surface area (Å²) in [6.07, 6.45) is 8.77. The SMILES string of the molecule is CC(C)CCC[C@@H](COS(=O)(=O)O)[C@H]1CCC2C3CC=C4C[C@H](O)[C@@H](OS(=O)(=O)O)C[C@]4(C)C3CC[C@@]21C. The predicted octanol–water partition coefficient (Wildman–Crippen LogP) is 4.99. The van der Waals surface area contributed by atoms with Crippen LogP contribution < -0.4 is 0 Å². The first-order chi connectivity index (χ1) is 17.5. The van der Waals surface area contributed by atoms with Crippen LogP contribution in [0.5, 0.6) is 0 Å². The quantitative estimate of drug-likeness (QED) is 0.241. The van der Waals surface area contributed by atoms with E-state index < -0.39 is 33.0 Å². The van der Waals surface area contributed by atoms with E-state index in [2.05, 4.69) is 33.8 Å². The summed E-state index contributed by atoms with van der Waals surface area (Å²) in [4.78, 5) is 0. The van der Waals surface area contributed by atoms with Gasteiger partial charge >= 0.3 is 20.8 Å². The van der Waals surface area contributed by atoms with Crippen molar-refractivity contribution in [3.8, 4) is 0 Å². The Labute approximate surface area is 228 Å². The van der Waals surface area contributed by atoms with Crippen LogP contribution in [0.15, 0.2) is 11.6 Å². The van der Waals surface area contributed by atoms with E-state index in [0.29, 0.717) is 42.4 Å². The third kappa shape index (κ3) is 6.34. The van der Waals surface area contributed by atoms with E-state index >= 15 is 0 Å². The largest absolute Gasteiger partial charge is 0.397 e. The second kappa shape index (κ2) is 11.0. The van der Waals surface area contributed by atoms with Crippen LogP contribution >= 0.6 is 0 Å². The predicted molar refractivity (Wildman–Crippen MR) is 143 cm³/mol. The Kier molecular flexibility index (Phi) is 8.82. The van der Waals surface area contributed by atoms with Gasteiger partial charge in [0.2, 0.25) is 0 Å². The minimum atomic E-state index is -4.67. The Morgan fingerprint density at radius 2 is 1.74 bits per heavy atom. The molecule has 4 aliphatic rings. The van der Waals surface area contributed by atoms with E-state index in [1.54, 1.807) is 0 Å². The Hall–Kier alpha value is -0.560. The zero-order valence-corrected chi connectivity index (χ0v) is 24.7. The molecule has 38 heavy (non-hydrogen) atoms. The monoisotopic (exact) mass is 578 g/mol. The van der Waals surface area contributed by atoms with Gasteiger partial charge in [-0.25, -0.2) is 8.37 Å². The molecular weight excluding hydrogens is 532 g/mol. The van der Waals surface area contributed by atoms with Crippen LogP contribution in [0.2, 0.25) is 0 Å². The van der Waals surface area contributed by atoms with Gasteiger partial charge in [-0.05, 0) is 97.7 Å². The summed E-state index contributed by atoms with van der Waals surface area (Å²) >= 11 is 0. The summed E-state index contributed by atoms with van der Waals surface area (Å²) in [6, 6.07) is 0. The minimum Gasteiger partial charge on any atom is -0.390 e. The topological polar surface area (TPSA) is 147 Å². The van der Waals surface area contributed by atoms with E-state index in [-0.39, 0.29) is 23.4 Å². The highest BCUT2D eigenvalue weighted by Gasteiger charge is 2.60. The molecule has 0 bridgehead atoms. The lowest BCUT2D eigenvalue weighted by atomic mass is 9.46. The molecule has 220 valence electrons. The third-order valence-electron chi connectivity index (χ3n) is 10.8. The molecular formula is C27H46O9S2. The zero-order valence-electron chi connectivity index (χ0n) is 23.1. The molecule has 0 aromatic rings. The van der Waals surface area contributed by atoms with Gasteiger partial charge in [0.15, 0.2) is 0 Å². The van der Waals surface area contributed by atoms with E-state index in [1.807, 2.05) is 0 Å². The van der Waals surface area contributed by atoms with Crippen molar-refractivity contribution >= 4 is 20.8 Å². The zero-order chi connectivity index (χ0) is 28.1. The normalized spacial score (nSPS) is 40.3. The fourth-order valence-electron chi connectivity index (χ4n) is 9.10. The van der Waals surface area contributed by atoms with Crippen LogP contribution in [-0.2, 0) is 29.2 Å². The van der Waals surface area contributed by atoms with Gasteiger partial charge in [-0.2, -0.15) is 16.8 Å². The van der Waals surface area contributed by atoms with E-state index in [9.17, 15) is 31.0 Å². The molecule has 4 rings (SSSR count). The maximum atomic E-state index is 11.5. The molecule has 0 saturated heterocycles. The Morgan fingerprint density at radius 1 is 1.03 bits per heavy atom. The molecule has 9 nitrogen and oxygen atoms in total. The van der Waals surface area contributed by atoms with E-state index in [4.69, 9.17) is 8.37 Å². The van der Waals surface area contributed by atoms with Crippen molar-refractivity contribution in [2.24, 2.45) is 46.3 Å². The van der Waals surface area contributed by atoms with Crippen molar-refractivity contribution in [2.75, 3.05) is 6.61 Å². The molecule has 0 aromatic carbocycles. The van der Waals surface area contributed by atoms with E-state index in [0.717, 1.165) is 56.9 Å². The van der Waals surface area contributed by atoms with Gasteiger partial charge in [0, 0.05) is 0 Å². The lowest BCUT2D eigenvalue weighted by Crippen LogP contribution is -2.54. The second-order valence-electron chi connectivity index (χ2n) is 13.3. The van der Waals surface area contributed by atoms with Gasteiger partial charge in [-0.1, -0.05) is 52.2 Å². The molecule has 11 heteroatoms. The van der Waals surface area contributed by atoms with Crippen LogP contribution in [-0.4, -0.2) is 49.9 Å². The van der Waals surface area contributed by atoms with Crippen molar-refractivity contribution in [2.45, 2.75) is 104 Å². The van der Waals surface area contributed by atoms with Crippen LogP contribution in [0.4, 0.5) is 0 Å². The highest BCUT2D eigenvalue weighted by molar-refractivity contribution is 7.81. The van der Waals surface area contributed by atoms with Crippen LogP contribution in [0, 0.1) is 46.3 Å². The van der Waals surface area contributed by atoms with Gasteiger partial charge in [0.1, 0.15) is 6.10 Å². The highest BCUT2D eigenvalue weighted by atomic mass is 32.3. The molecule has 0 amide bonds. The van der Waals surface area contributed by atoms with Crippen molar-refractivity contribution in [3.05, 3.63) is 11.6 Å². The van der Waals surface area contributed by atoms with Crippen molar-refractivity contribution < 1.29 is 39.4 Å². The summed E-state index contributed by atoms with van der Waals surface area (Å²) in [7, 11) is -9.18. The van der Waals surface area contributed by atoms with Crippen LogP contribution in [0.3, 0.4) is 0 Å². The first-order valence-electron chi connectivity index (χ1n) is 14.2. The smallest absolute Gasteiger partial charge is 0.390 e. The average Bonchev–Trinajstić information content (AvgIpc) is 3.12. The standard InChI is InChI=1S/C27H46O9S2/c1-17(2)6-5-7-18(16-35-37(29,30)31)21-10-11-22-20-9-8-19-14-24(28)25(36-38(32,33)34)15-27(19,4)23(20)12-13-26(21,22)3/h8,17-18,20-25,28H,5-7,9-16H2,1-4H3,(H,29,30,31)(H,32,33,34)/t18-,20?,21+,22?,23?,24-,25-,26+,27-/m0/s1. The Bertz CT molecular complexity index is 1100. The summed E-state index contributed by atoms with van der Waals surface area (Å²) in [6.45, 7) is 8.88. The molecule has 3 unspecified atom stereocenters. The third-order valence-corrected chi connectivity index (χ3v) is 11.7. The molecule has 3 fully saturated rings. The molecule has 0 heterocycles. The Balaban J connectivity index is 1.55. The summed E-state index contributed by atoms with van der Waals surface area (Å²) in [5.74, 6) is 2.05. The average molecular weight is 579 g/mol. The van der Waals surface area contributed by atoms with Gasteiger partial charge < -0.3 is 5.11 Å². The lowest BCUT2D eigenvalue weighted by molar-refractivity contribution is -0.0853. The lowest BCUT2D eigenvalue weighted by Gasteiger charge is -2.59. The number of rotatable bonds is 10. The number of fused-ring (bicyclic) bond motifs is 5. The summed E-state index contributed by atoms with van der Waals surface area (Å²) in [5, 5.41) is 10.6. The van der Waals surface area contributed by atoms with Crippen LogP contribution in [0.25, 0.3) is 0 Å². The molecule has 0 aliphatic heterocycles. The van der Waals surface area contributed by atoms with Gasteiger partial charge in [0.05, 0.1) is 12.7 Å². The number of hydrogen-bond donors (Lipinski definition) is 3. The molecule has 0 spiro atoms. The van der Waals surface area contributed by atoms with Gasteiger partial charge in [-0.3, -0.25) is 9.11 Å². The second-order valence-corrected chi connectivity index (χ2v) is 15.5. The maximum Gasteiger partial charge on any atom is 0.397 e. The van der Waals surface area contributed by atoms with Gasteiger partial charge in [-0.15, -0.1) is 0 Å². The molecule has 0 aromatic heterocycles. The number of aliphatic hydroxyl groups excluding tert-OH is 1. The summed E-state index contributed by atoms with van der Waals surface area (Å²) in [5.41, 5.74) is 0.862. The highest BCUT2D eigenvalue weighted by Crippen LogP contribution is 2.67. The molecule has 0 radical (unpaired) electrons. The van der Waals surface area contributed by atoms with E-state index in [1.165, 1.54) is 0 Å². The summed E-state index contributed by atoms with van der Waals surface area (Å²) < 4.78 is 74.2. The first-order valence-corrected chi connectivity index (χ1v) is 16.9. The van der Waals surface area contributed by atoms with Crippen LogP contribution in [0.1, 0.15) is 91.9 Å². The number of hydrogen-bond acceptors (Lipinski definition) is 7. The molecule has 4 aliphatic carbocycles. The van der Waals surface area contributed by atoms with Crippen molar-refractivity contribution in [1.82, 2.24) is 0 Å². The number of allylic oxidation sites excluding steroid dienone is 1. The molecule has 9 atom stereocenters. The fraction of sp³-hybridized carbons (Fsp3) is 0.926.